The molecule has 2 aromatic carbocycles. The number of rotatable bonds is 5. The normalized spacial score (nSPS) is 11.0. The van der Waals surface area contributed by atoms with E-state index in [2.05, 4.69) is 5.32 Å². The van der Waals surface area contributed by atoms with E-state index in [-0.39, 0.29) is 16.6 Å². The van der Waals surface area contributed by atoms with Gasteiger partial charge in [0.05, 0.1) is 0 Å². The summed E-state index contributed by atoms with van der Waals surface area (Å²) in [6.45, 7) is 5.61. The highest BCUT2D eigenvalue weighted by molar-refractivity contribution is 7.20. The van der Waals surface area contributed by atoms with E-state index in [1.807, 2.05) is 39.0 Å². The predicted octanol–water partition coefficient (Wildman–Crippen LogP) is 5.27. The average molecular weight is 385 g/mol. The third-order valence-electron chi connectivity index (χ3n) is 4.24. The number of anilines is 1. The molecule has 0 aliphatic heterocycles. The van der Waals surface area contributed by atoms with Gasteiger partial charge in [-0.3, -0.25) is 4.79 Å². The van der Waals surface area contributed by atoms with Crippen molar-refractivity contribution in [3.63, 3.8) is 0 Å². The minimum absolute atomic E-state index is 0.246. The van der Waals surface area contributed by atoms with Crippen molar-refractivity contribution in [3.8, 4) is 0 Å². The average Bonchev–Trinajstić information content (AvgIpc) is 3.07. The number of amides is 1. The molecule has 3 aromatic rings. The molecule has 1 amide bonds. The summed E-state index contributed by atoms with van der Waals surface area (Å²) in [5.41, 5.74) is 2.72. The number of hydrogen-bond donors (Lipinski definition) is 1. The molecule has 0 radical (unpaired) electrons. The molecule has 27 heavy (non-hydrogen) atoms. The third-order valence-corrected chi connectivity index (χ3v) is 5.32. The predicted molar refractivity (Wildman–Crippen MR) is 106 cm³/mol. The zero-order valence-corrected chi connectivity index (χ0v) is 16.2. The van der Waals surface area contributed by atoms with Crippen molar-refractivity contribution in [2.75, 3.05) is 11.9 Å². The zero-order valence-electron chi connectivity index (χ0n) is 15.3. The first-order valence-corrected chi connectivity index (χ1v) is 9.43. The number of hydrogen-bond acceptors (Lipinski definition) is 4. The monoisotopic (exact) mass is 385 g/mol. The van der Waals surface area contributed by atoms with Gasteiger partial charge in [-0.2, -0.15) is 0 Å². The molecule has 1 N–H and O–H groups in total. The Labute approximate surface area is 161 Å². The number of fused-ring (bicyclic) bond motifs is 1. The summed E-state index contributed by atoms with van der Waals surface area (Å²) in [5, 5.41) is 3.21. The molecule has 0 atom stereocenters. The van der Waals surface area contributed by atoms with Crippen molar-refractivity contribution in [1.29, 1.82) is 0 Å². The molecule has 0 spiro atoms. The van der Waals surface area contributed by atoms with E-state index >= 15 is 0 Å². The van der Waals surface area contributed by atoms with Crippen LogP contribution in [0.25, 0.3) is 10.1 Å². The number of aryl methyl sites for hydroxylation is 1. The van der Waals surface area contributed by atoms with Crippen LogP contribution in [0.15, 0.2) is 42.5 Å². The number of ether oxygens (including phenoxy) is 1. The number of benzene rings is 2. The number of carbonyl (C=O) groups is 2. The van der Waals surface area contributed by atoms with E-state index in [1.165, 1.54) is 12.1 Å². The number of halogens is 1. The van der Waals surface area contributed by atoms with E-state index < -0.39 is 18.5 Å². The molecule has 0 aliphatic carbocycles. The maximum absolute atomic E-state index is 13.8. The maximum atomic E-state index is 13.8. The Morgan fingerprint density at radius 2 is 1.93 bits per heavy atom. The number of carbonyl (C=O) groups excluding carboxylic acids is 2. The molecule has 6 heteroatoms. The van der Waals surface area contributed by atoms with Gasteiger partial charge in [-0.05, 0) is 42.2 Å². The highest BCUT2D eigenvalue weighted by atomic mass is 32.1. The van der Waals surface area contributed by atoms with Gasteiger partial charge in [-0.15, -0.1) is 11.3 Å². The van der Waals surface area contributed by atoms with Crippen LogP contribution in [0.4, 0.5) is 10.1 Å². The molecule has 140 valence electrons. The first-order chi connectivity index (χ1) is 12.9. The Morgan fingerprint density at radius 3 is 2.63 bits per heavy atom. The van der Waals surface area contributed by atoms with Gasteiger partial charge in [0.25, 0.3) is 5.91 Å². The van der Waals surface area contributed by atoms with Crippen molar-refractivity contribution < 1.29 is 18.7 Å². The highest BCUT2D eigenvalue weighted by Gasteiger charge is 2.17. The van der Waals surface area contributed by atoms with Gasteiger partial charge in [-0.1, -0.05) is 38.1 Å². The SMILES string of the molecule is Cc1cccc(C(C)C)c1NC(=O)COC(=O)c1cc2c(F)cccc2s1. The van der Waals surface area contributed by atoms with Crippen LogP contribution in [0.5, 0.6) is 0 Å². The van der Waals surface area contributed by atoms with Gasteiger partial charge < -0.3 is 10.1 Å². The lowest BCUT2D eigenvalue weighted by Crippen LogP contribution is -2.22. The van der Waals surface area contributed by atoms with Gasteiger partial charge in [0.15, 0.2) is 6.61 Å². The van der Waals surface area contributed by atoms with Gasteiger partial charge in [0.2, 0.25) is 0 Å². The minimum Gasteiger partial charge on any atom is -0.451 e. The Balaban J connectivity index is 1.67. The van der Waals surface area contributed by atoms with E-state index in [1.54, 1.807) is 12.1 Å². The lowest BCUT2D eigenvalue weighted by molar-refractivity contribution is -0.119. The Hall–Kier alpha value is -2.73. The van der Waals surface area contributed by atoms with Gasteiger partial charge in [0.1, 0.15) is 10.7 Å². The van der Waals surface area contributed by atoms with Crippen LogP contribution >= 0.6 is 11.3 Å². The molecular weight excluding hydrogens is 365 g/mol. The lowest BCUT2D eigenvalue weighted by atomic mass is 9.98. The van der Waals surface area contributed by atoms with Crippen LogP contribution in [0, 0.1) is 12.7 Å². The standard InChI is InChI=1S/C21H20FNO3S/c1-12(2)14-7-4-6-13(3)20(14)23-19(24)11-26-21(25)18-10-15-16(22)8-5-9-17(15)27-18/h4-10,12H,11H2,1-3H3,(H,23,24). The van der Waals surface area contributed by atoms with Crippen molar-refractivity contribution >= 4 is 39.0 Å². The molecule has 0 bridgehead atoms. The maximum Gasteiger partial charge on any atom is 0.348 e. The molecule has 0 saturated heterocycles. The number of nitrogens with one attached hydrogen (secondary N) is 1. The molecule has 1 heterocycles. The molecule has 1 aromatic heterocycles. The van der Waals surface area contributed by atoms with Crippen LogP contribution in [-0.4, -0.2) is 18.5 Å². The lowest BCUT2D eigenvalue weighted by Gasteiger charge is -2.16. The molecule has 3 rings (SSSR count). The fourth-order valence-electron chi connectivity index (χ4n) is 2.85. The summed E-state index contributed by atoms with van der Waals surface area (Å²) in [4.78, 5) is 24.7. The van der Waals surface area contributed by atoms with Crippen LogP contribution in [0.2, 0.25) is 0 Å². The summed E-state index contributed by atoms with van der Waals surface area (Å²) < 4.78 is 19.5. The molecular formula is C21H20FNO3S. The van der Waals surface area contributed by atoms with Crippen molar-refractivity contribution in [3.05, 3.63) is 64.3 Å². The van der Waals surface area contributed by atoms with E-state index in [0.29, 0.717) is 10.1 Å². The fourth-order valence-corrected chi connectivity index (χ4v) is 3.81. The van der Waals surface area contributed by atoms with Crippen LogP contribution in [0.1, 0.15) is 40.6 Å². The van der Waals surface area contributed by atoms with Gasteiger partial charge in [0, 0.05) is 15.8 Å². The Bertz CT molecular complexity index is 1010. The summed E-state index contributed by atoms with van der Waals surface area (Å²) in [6.07, 6.45) is 0. The zero-order chi connectivity index (χ0) is 19.6. The topological polar surface area (TPSA) is 55.4 Å². The fraction of sp³-hybridized carbons (Fsp3) is 0.238. The Kier molecular flexibility index (Phi) is 5.56. The summed E-state index contributed by atoms with van der Waals surface area (Å²) in [6, 6.07) is 11.9. The molecule has 4 nitrogen and oxygen atoms in total. The van der Waals surface area contributed by atoms with Crippen molar-refractivity contribution in [2.24, 2.45) is 0 Å². The van der Waals surface area contributed by atoms with E-state index in [9.17, 15) is 14.0 Å². The smallest absolute Gasteiger partial charge is 0.348 e. The van der Waals surface area contributed by atoms with Crippen molar-refractivity contribution in [1.82, 2.24) is 0 Å². The van der Waals surface area contributed by atoms with Crippen LogP contribution in [0.3, 0.4) is 0 Å². The summed E-state index contributed by atoms with van der Waals surface area (Å²) >= 11 is 1.14. The van der Waals surface area contributed by atoms with E-state index in [0.717, 1.165) is 28.2 Å². The number of para-hydroxylation sites is 1. The third kappa shape index (κ3) is 4.17. The largest absolute Gasteiger partial charge is 0.451 e. The quantitative estimate of drug-likeness (QED) is 0.609. The van der Waals surface area contributed by atoms with E-state index in [4.69, 9.17) is 4.74 Å². The van der Waals surface area contributed by atoms with Crippen molar-refractivity contribution in [2.45, 2.75) is 26.7 Å². The highest BCUT2D eigenvalue weighted by Crippen LogP contribution is 2.29. The number of esters is 1. The Morgan fingerprint density at radius 1 is 1.19 bits per heavy atom. The van der Waals surface area contributed by atoms with Crippen LogP contribution in [-0.2, 0) is 9.53 Å². The molecule has 0 aliphatic rings. The number of thiophene rings is 1. The molecule has 0 fully saturated rings. The molecule has 0 unspecified atom stereocenters. The summed E-state index contributed by atoms with van der Waals surface area (Å²) in [7, 11) is 0. The van der Waals surface area contributed by atoms with Crippen LogP contribution < -0.4 is 5.32 Å². The first-order valence-electron chi connectivity index (χ1n) is 8.61. The minimum atomic E-state index is -0.639. The second-order valence-electron chi connectivity index (χ2n) is 6.58. The van der Waals surface area contributed by atoms with Gasteiger partial charge >= 0.3 is 5.97 Å². The first kappa shape index (κ1) is 19.0. The second-order valence-corrected chi connectivity index (χ2v) is 7.66. The molecule has 0 saturated carbocycles. The summed E-state index contributed by atoms with van der Waals surface area (Å²) in [5.74, 6) is -1.19. The van der Waals surface area contributed by atoms with Gasteiger partial charge in [-0.25, -0.2) is 9.18 Å². The second kappa shape index (κ2) is 7.88.